The number of benzene rings is 2. The van der Waals surface area contributed by atoms with Gasteiger partial charge < -0.3 is 19.4 Å². The van der Waals surface area contributed by atoms with Crippen LogP contribution in [0.4, 0.5) is 13.2 Å². The van der Waals surface area contributed by atoms with Crippen molar-refractivity contribution in [2.45, 2.75) is 25.7 Å². The quantitative estimate of drug-likeness (QED) is 0.658. The van der Waals surface area contributed by atoms with Gasteiger partial charge in [0.25, 0.3) is 0 Å². The molecule has 0 bridgehead atoms. The maximum absolute atomic E-state index is 13.0. The summed E-state index contributed by atoms with van der Waals surface area (Å²) in [5, 5.41) is 3.02. The van der Waals surface area contributed by atoms with E-state index in [0.29, 0.717) is 47.9 Å². The fourth-order valence-corrected chi connectivity index (χ4v) is 3.18. The third kappa shape index (κ3) is 4.06. The van der Waals surface area contributed by atoms with Gasteiger partial charge >= 0.3 is 6.18 Å². The van der Waals surface area contributed by atoms with E-state index in [1.54, 1.807) is 21.3 Å². The molecule has 0 saturated heterocycles. The van der Waals surface area contributed by atoms with Gasteiger partial charge in [-0.25, -0.2) is 4.98 Å². The molecule has 1 heterocycles. The molecule has 3 aromatic rings. The van der Waals surface area contributed by atoms with E-state index in [-0.39, 0.29) is 0 Å². The third-order valence-corrected chi connectivity index (χ3v) is 4.56. The van der Waals surface area contributed by atoms with Crippen LogP contribution in [0.15, 0.2) is 36.4 Å². The molecule has 0 spiro atoms. The molecular formula is C20H22F3N3O2. The Kier molecular flexibility index (Phi) is 5.79. The van der Waals surface area contributed by atoms with E-state index in [9.17, 15) is 13.2 Å². The number of ether oxygens (including phenoxy) is 2. The summed E-state index contributed by atoms with van der Waals surface area (Å²) in [5.41, 5.74) is 1.36. The van der Waals surface area contributed by atoms with Crippen molar-refractivity contribution in [3.8, 4) is 11.5 Å². The number of alkyl halides is 3. The van der Waals surface area contributed by atoms with Crippen LogP contribution in [-0.2, 0) is 25.7 Å². The number of rotatable bonds is 7. The van der Waals surface area contributed by atoms with Crippen LogP contribution in [0.2, 0.25) is 0 Å². The minimum Gasteiger partial charge on any atom is -0.493 e. The van der Waals surface area contributed by atoms with E-state index in [2.05, 4.69) is 10.3 Å². The van der Waals surface area contributed by atoms with Gasteiger partial charge in [-0.1, -0.05) is 6.07 Å². The summed E-state index contributed by atoms with van der Waals surface area (Å²) >= 11 is 0. The Morgan fingerprint density at radius 1 is 1.04 bits per heavy atom. The summed E-state index contributed by atoms with van der Waals surface area (Å²) in [6.07, 6.45) is -3.72. The minimum absolute atomic E-state index is 0.340. The third-order valence-electron chi connectivity index (χ3n) is 4.56. The number of aromatic nitrogens is 2. The van der Waals surface area contributed by atoms with Crippen LogP contribution in [0.3, 0.4) is 0 Å². The fourth-order valence-electron chi connectivity index (χ4n) is 3.18. The van der Waals surface area contributed by atoms with Crippen LogP contribution < -0.4 is 14.8 Å². The highest BCUT2D eigenvalue weighted by Gasteiger charge is 2.31. The number of halogens is 3. The second kappa shape index (κ2) is 8.10. The molecular weight excluding hydrogens is 371 g/mol. The van der Waals surface area contributed by atoms with Gasteiger partial charge in [0.2, 0.25) is 0 Å². The van der Waals surface area contributed by atoms with Crippen LogP contribution >= 0.6 is 0 Å². The van der Waals surface area contributed by atoms with Crippen molar-refractivity contribution < 1.29 is 22.6 Å². The van der Waals surface area contributed by atoms with Crippen LogP contribution in [0.25, 0.3) is 11.0 Å². The molecule has 8 heteroatoms. The van der Waals surface area contributed by atoms with Crippen molar-refractivity contribution >= 4 is 11.0 Å². The lowest BCUT2D eigenvalue weighted by atomic mass is 10.1. The molecule has 28 heavy (non-hydrogen) atoms. The van der Waals surface area contributed by atoms with Crippen LogP contribution in [0, 0.1) is 0 Å². The molecule has 0 aliphatic carbocycles. The van der Waals surface area contributed by atoms with Gasteiger partial charge in [-0.05, 0) is 49.4 Å². The first-order chi connectivity index (χ1) is 13.4. The second-order valence-corrected chi connectivity index (χ2v) is 6.35. The van der Waals surface area contributed by atoms with Gasteiger partial charge in [0, 0.05) is 6.54 Å². The Morgan fingerprint density at radius 2 is 1.79 bits per heavy atom. The number of fused-ring (bicyclic) bond motifs is 1. The average Bonchev–Trinajstić information content (AvgIpc) is 3.02. The van der Waals surface area contributed by atoms with Crippen molar-refractivity contribution in [3.05, 3.63) is 53.3 Å². The molecule has 1 aromatic heterocycles. The Balaban J connectivity index is 1.92. The summed E-state index contributed by atoms with van der Waals surface area (Å²) in [5.74, 6) is 1.98. The SMILES string of the molecule is CNCc1nc2cc(C(F)(F)F)ccc2n1CCc1ccc(OC)c(OC)c1. The molecule has 0 radical (unpaired) electrons. The summed E-state index contributed by atoms with van der Waals surface area (Å²) in [6.45, 7) is 1.04. The summed E-state index contributed by atoms with van der Waals surface area (Å²) in [7, 11) is 4.93. The molecule has 0 saturated carbocycles. The van der Waals surface area contributed by atoms with Crippen LogP contribution in [0.5, 0.6) is 11.5 Å². The van der Waals surface area contributed by atoms with Crippen molar-refractivity contribution in [1.82, 2.24) is 14.9 Å². The van der Waals surface area contributed by atoms with Gasteiger partial charge in [0.1, 0.15) is 5.82 Å². The average molecular weight is 393 g/mol. The normalized spacial score (nSPS) is 11.8. The molecule has 2 aromatic carbocycles. The van der Waals surface area contributed by atoms with Gasteiger partial charge in [-0.2, -0.15) is 13.2 Å². The maximum Gasteiger partial charge on any atom is 0.416 e. The number of nitrogens with zero attached hydrogens (tertiary/aromatic N) is 2. The zero-order valence-electron chi connectivity index (χ0n) is 15.9. The Hall–Kier alpha value is -2.74. The first-order valence-electron chi connectivity index (χ1n) is 8.79. The van der Waals surface area contributed by atoms with E-state index in [1.807, 2.05) is 22.8 Å². The maximum atomic E-state index is 13.0. The van der Waals surface area contributed by atoms with Crippen molar-refractivity contribution in [2.75, 3.05) is 21.3 Å². The second-order valence-electron chi connectivity index (χ2n) is 6.35. The number of hydrogen-bond donors (Lipinski definition) is 1. The van der Waals surface area contributed by atoms with Gasteiger partial charge in [-0.3, -0.25) is 0 Å². The lowest BCUT2D eigenvalue weighted by Crippen LogP contribution is -2.13. The number of aryl methyl sites for hydroxylation is 2. The van der Waals surface area contributed by atoms with Gasteiger partial charge in [0.15, 0.2) is 11.5 Å². The lowest BCUT2D eigenvalue weighted by Gasteiger charge is -2.12. The zero-order valence-corrected chi connectivity index (χ0v) is 15.9. The zero-order chi connectivity index (χ0) is 20.3. The molecule has 5 nitrogen and oxygen atoms in total. The molecule has 0 fully saturated rings. The van der Waals surface area contributed by atoms with E-state index >= 15 is 0 Å². The Labute approximate surface area is 161 Å². The highest BCUT2D eigenvalue weighted by molar-refractivity contribution is 5.77. The summed E-state index contributed by atoms with van der Waals surface area (Å²) in [6, 6.07) is 9.36. The van der Waals surface area contributed by atoms with E-state index in [1.165, 1.54) is 6.07 Å². The smallest absolute Gasteiger partial charge is 0.416 e. The fraction of sp³-hybridized carbons (Fsp3) is 0.350. The molecule has 0 amide bonds. The first-order valence-corrected chi connectivity index (χ1v) is 8.79. The first kappa shape index (κ1) is 20.0. The molecule has 0 aliphatic heterocycles. The standard InChI is InChI=1S/C20H22F3N3O2/c1-24-12-19-25-15-11-14(20(21,22)23)5-6-16(15)26(19)9-8-13-4-7-17(27-2)18(10-13)28-3/h4-7,10-11,24H,8-9,12H2,1-3H3. The minimum atomic E-state index is -4.39. The number of imidazole rings is 1. The van der Waals surface area contributed by atoms with Gasteiger partial charge in [0.05, 0.1) is 37.4 Å². The molecule has 0 atom stereocenters. The predicted molar refractivity (Wildman–Crippen MR) is 101 cm³/mol. The van der Waals surface area contributed by atoms with Gasteiger partial charge in [-0.15, -0.1) is 0 Å². The van der Waals surface area contributed by atoms with Crippen LogP contribution in [0.1, 0.15) is 17.0 Å². The summed E-state index contributed by atoms with van der Waals surface area (Å²) in [4.78, 5) is 4.41. The highest BCUT2D eigenvalue weighted by Crippen LogP contribution is 2.32. The van der Waals surface area contributed by atoms with E-state index in [4.69, 9.17) is 9.47 Å². The van der Waals surface area contributed by atoms with Crippen molar-refractivity contribution in [2.24, 2.45) is 0 Å². The Bertz CT molecular complexity index is 967. The molecule has 0 unspecified atom stereocenters. The van der Waals surface area contributed by atoms with E-state index in [0.717, 1.165) is 17.7 Å². The Morgan fingerprint density at radius 3 is 2.43 bits per heavy atom. The monoisotopic (exact) mass is 393 g/mol. The number of nitrogens with one attached hydrogen (secondary N) is 1. The lowest BCUT2D eigenvalue weighted by molar-refractivity contribution is -0.137. The molecule has 1 N–H and O–H groups in total. The topological polar surface area (TPSA) is 48.3 Å². The van der Waals surface area contributed by atoms with Crippen molar-refractivity contribution in [3.63, 3.8) is 0 Å². The van der Waals surface area contributed by atoms with E-state index < -0.39 is 11.7 Å². The predicted octanol–water partition coefficient (Wildman–Crippen LogP) is 4.03. The molecule has 150 valence electrons. The largest absolute Gasteiger partial charge is 0.493 e. The highest BCUT2D eigenvalue weighted by atomic mass is 19.4. The molecule has 0 aliphatic rings. The number of hydrogen-bond acceptors (Lipinski definition) is 4. The van der Waals surface area contributed by atoms with Crippen LogP contribution in [-0.4, -0.2) is 30.8 Å². The molecule has 3 rings (SSSR count). The number of methoxy groups -OCH3 is 2. The summed E-state index contributed by atoms with van der Waals surface area (Å²) < 4.78 is 51.5. The van der Waals surface area contributed by atoms with Crippen molar-refractivity contribution in [1.29, 1.82) is 0 Å².